The lowest BCUT2D eigenvalue weighted by molar-refractivity contribution is -0.120. The van der Waals surface area contributed by atoms with Gasteiger partial charge in [-0.05, 0) is 24.3 Å². The van der Waals surface area contributed by atoms with Crippen molar-refractivity contribution in [3.63, 3.8) is 0 Å². The summed E-state index contributed by atoms with van der Waals surface area (Å²) in [4.78, 5) is 10.8. The van der Waals surface area contributed by atoms with E-state index in [2.05, 4.69) is 5.32 Å². The van der Waals surface area contributed by atoms with Gasteiger partial charge in [-0.1, -0.05) is 0 Å². The van der Waals surface area contributed by atoms with Crippen molar-refractivity contribution < 1.29 is 19.0 Å². The predicted molar refractivity (Wildman–Crippen MR) is 60.0 cm³/mol. The van der Waals surface area contributed by atoms with Gasteiger partial charge >= 0.3 is 0 Å². The molecule has 0 aliphatic rings. The van der Waals surface area contributed by atoms with Crippen LogP contribution < -0.4 is 15.8 Å². The Labute approximate surface area is 98.4 Å². The Morgan fingerprint density at radius 3 is 2.71 bits per heavy atom. The van der Waals surface area contributed by atoms with Crippen LogP contribution in [-0.4, -0.2) is 36.8 Å². The van der Waals surface area contributed by atoms with Crippen LogP contribution in [0.5, 0.6) is 5.75 Å². The van der Waals surface area contributed by atoms with Gasteiger partial charge in [-0.2, -0.15) is 0 Å². The first kappa shape index (κ1) is 13.4. The van der Waals surface area contributed by atoms with Crippen molar-refractivity contribution in [2.45, 2.75) is 6.10 Å². The molecule has 1 unspecified atom stereocenters. The molecule has 0 saturated heterocycles. The number of nitrogens with two attached hydrogens (primary N) is 1. The fourth-order valence-electron chi connectivity index (χ4n) is 1.09. The molecule has 1 aromatic rings. The molecule has 0 aliphatic heterocycles. The summed E-state index contributed by atoms with van der Waals surface area (Å²) < 4.78 is 17.8. The molecule has 0 saturated carbocycles. The highest BCUT2D eigenvalue weighted by atomic mass is 19.1. The summed E-state index contributed by atoms with van der Waals surface area (Å²) in [5, 5.41) is 11.9. The van der Waals surface area contributed by atoms with Crippen LogP contribution >= 0.6 is 0 Å². The van der Waals surface area contributed by atoms with Crippen molar-refractivity contribution in [1.29, 1.82) is 0 Å². The number of halogens is 1. The molecule has 0 heterocycles. The number of aliphatic hydroxyl groups excluding tert-OH is 1. The molecule has 5 nitrogen and oxygen atoms in total. The first-order chi connectivity index (χ1) is 8.11. The quantitative estimate of drug-likeness (QED) is 0.636. The molecule has 0 aliphatic carbocycles. The van der Waals surface area contributed by atoms with E-state index in [0.717, 1.165) is 0 Å². The Kier molecular flexibility index (Phi) is 5.38. The molecule has 6 heteroatoms. The van der Waals surface area contributed by atoms with Crippen LogP contribution in [0.15, 0.2) is 24.3 Å². The van der Waals surface area contributed by atoms with Crippen molar-refractivity contribution in [1.82, 2.24) is 5.32 Å². The summed E-state index contributed by atoms with van der Waals surface area (Å²) in [5.74, 6) is -0.241. The monoisotopic (exact) mass is 242 g/mol. The molecule has 1 rings (SSSR count). The highest BCUT2D eigenvalue weighted by Crippen LogP contribution is 2.10. The second-order valence-corrected chi connectivity index (χ2v) is 3.43. The first-order valence-electron chi connectivity index (χ1n) is 5.15. The van der Waals surface area contributed by atoms with Gasteiger partial charge in [0.05, 0.1) is 6.54 Å². The molecule has 17 heavy (non-hydrogen) atoms. The zero-order valence-electron chi connectivity index (χ0n) is 9.23. The summed E-state index contributed by atoms with van der Waals surface area (Å²) in [5.41, 5.74) is 5.08. The molecule has 1 atom stereocenters. The lowest BCUT2D eigenvalue weighted by Crippen LogP contribution is -2.38. The van der Waals surface area contributed by atoms with Gasteiger partial charge in [-0.15, -0.1) is 0 Å². The number of nitrogens with one attached hydrogen (secondary N) is 1. The lowest BCUT2D eigenvalue weighted by atomic mass is 10.3. The summed E-state index contributed by atoms with van der Waals surface area (Å²) >= 11 is 0. The van der Waals surface area contributed by atoms with Crippen LogP contribution in [0.3, 0.4) is 0 Å². The maximum Gasteiger partial charge on any atom is 0.233 e. The average molecular weight is 242 g/mol. The third-order valence-corrected chi connectivity index (χ3v) is 1.98. The van der Waals surface area contributed by atoms with Gasteiger partial charge in [0.2, 0.25) is 5.91 Å². The van der Waals surface area contributed by atoms with Gasteiger partial charge in [0.25, 0.3) is 0 Å². The number of hydrogen-bond acceptors (Lipinski definition) is 4. The molecule has 94 valence electrons. The van der Waals surface area contributed by atoms with Crippen LogP contribution in [0.25, 0.3) is 0 Å². The molecular formula is C11H15FN2O3. The standard InChI is InChI=1S/C11H15FN2O3/c12-8-1-3-10(4-2-8)17-7-9(15)6-14-11(16)5-13/h1-4,9,15H,5-7,13H2,(H,14,16). The zero-order valence-corrected chi connectivity index (χ0v) is 9.23. The van der Waals surface area contributed by atoms with Gasteiger partial charge in [0, 0.05) is 6.54 Å². The number of carbonyl (C=O) groups is 1. The molecule has 1 aromatic carbocycles. The number of benzene rings is 1. The molecule has 1 amide bonds. The Hall–Kier alpha value is -1.66. The van der Waals surface area contributed by atoms with E-state index in [1.807, 2.05) is 0 Å². The van der Waals surface area contributed by atoms with E-state index in [4.69, 9.17) is 10.5 Å². The average Bonchev–Trinajstić information content (AvgIpc) is 2.35. The summed E-state index contributed by atoms with van der Waals surface area (Å²) in [6, 6.07) is 5.44. The fraction of sp³-hybridized carbons (Fsp3) is 0.364. The Bertz CT molecular complexity index is 356. The fourth-order valence-corrected chi connectivity index (χ4v) is 1.09. The zero-order chi connectivity index (χ0) is 12.7. The highest BCUT2D eigenvalue weighted by molar-refractivity contribution is 5.77. The van der Waals surface area contributed by atoms with Crippen LogP contribution in [0.4, 0.5) is 4.39 Å². The number of aliphatic hydroxyl groups is 1. The van der Waals surface area contributed by atoms with Gasteiger partial charge in [-0.25, -0.2) is 4.39 Å². The maximum absolute atomic E-state index is 12.6. The van der Waals surface area contributed by atoms with E-state index in [9.17, 15) is 14.3 Å². The number of ether oxygens (including phenoxy) is 1. The van der Waals surface area contributed by atoms with E-state index in [1.165, 1.54) is 24.3 Å². The second kappa shape index (κ2) is 6.82. The minimum absolute atomic E-state index is 0.0104. The molecule has 0 bridgehead atoms. The van der Waals surface area contributed by atoms with Crippen LogP contribution in [0, 0.1) is 5.82 Å². The third-order valence-electron chi connectivity index (χ3n) is 1.98. The largest absolute Gasteiger partial charge is 0.491 e. The Balaban J connectivity index is 2.25. The molecule has 0 fully saturated rings. The van der Waals surface area contributed by atoms with Gasteiger partial charge < -0.3 is 20.9 Å². The molecule has 4 N–H and O–H groups in total. The maximum atomic E-state index is 12.6. The Morgan fingerprint density at radius 2 is 2.12 bits per heavy atom. The van der Waals surface area contributed by atoms with Gasteiger partial charge in [-0.3, -0.25) is 4.79 Å². The first-order valence-corrected chi connectivity index (χ1v) is 5.15. The predicted octanol–water partition coefficient (Wildman–Crippen LogP) is -0.360. The second-order valence-electron chi connectivity index (χ2n) is 3.43. The molecule has 0 spiro atoms. The van der Waals surface area contributed by atoms with Crippen molar-refractivity contribution in [2.24, 2.45) is 5.73 Å². The number of rotatable bonds is 6. The van der Waals surface area contributed by atoms with E-state index < -0.39 is 6.10 Å². The van der Waals surface area contributed by atoms with E-state index >= 15 is 0 Å². The smallest absolute Gasteiger partial charge is 0.233 e. The topological polar surface area (TPSA) is 84.6 Å². The summed E-state index contributed by atoms with van der Waals surface area (Å²) in [7, 11) is 0. The van der Waals surface area contributed by atoms with Crippen molar-refractivity contribution >= 4 is 5.91 Å². The van der Waals surface area contributed by atoms with E-state index in [0.29, 0.717) is 5.75 Å². The van der Waals surface area contributed by atoms with Gasteiger partial charge in [0.1, 0.15) is 24.3 Å². The van der Waals surface area contributed by atoms with Crippen LogP contribution in [0.2, 0.25) is 0 Å². The number of hydrogen-bond donors (Lipinski definition) is 3. The minimum Gasteiger partial charge on any atom is -0.491 e. The summed E-state index contributed by atoms with van der Waals surface area (Å²) in [6.45, 7) is -0.0424. The SMILES string of the molecule is NCC(=O)NCC(O)COc1ccc(F)cc1. The van der Waals surface area contributed by atoms with E-state index in [1.54, 1.807) is 0 Å². The van der Waals surface area contributed by atoms with Crippen molar-refractivity contribution in [3.05, 3.63) is 30.1 Å². The van der Waals surface area contributed by atoms with Crippen LogP contribution in [-0.2, 0) is 4.79 Å². The molecular weight excluding hydrogens is 227 g/mol. The van der Waals surface area contributed by atoms with Crippen molar-refractivity contribution in [2.75, 3.05) is 19.7 Å². The highest BCUT2D eigenvalue weighted by Gasteiger charge is 2.06. The third kappa shape index (κ3) is 5.28. The van der Waals surface area contributed by atoms with E-state index in [-0.39, 0.29) is 31.4 Å². The summed E-state index contributed by atoms with van der Waals surface area (Å²) in [6.07, 6.45) is -0.837. The normalized spacial score (nSPS) is 11.9. The van der Waals surface area contributed by atoms with Gasteiger partial charge in [0.15, 0.2) is 0 Å². The molecule has 0 radical (unpaired) electrons. The van der Waals surface area contributed by atoms with Crippen LogP contribution in [0.1, 0.15) is 0 Å². The Morgan fingerprint density at radius 1 is 1.47 bits per heavy atom. The molecule has 0 aromatic heterocycles. The number of carbonyl (C=O) groups excluding carboxylic acids is 1. The van der Waals surface area contributed by atoms with Crippen molar-refractivity contribution in [3.8, 4) is 5.75 Å². The minimum atomic E-state index is -0.837. The lowest BCUT2D eigenvalue weighted by Gasteiger charge is -2.12. The number of amides is 1.